The molecule has 2 aliphatic rings. The third-order valence-electron chi connectivity index (χ3n) is 9.02. The summed E-state index contributed by atoms with van der Waals surface area (Å²) in [5.41, 5.74) is 6.46. The van der Waals surface area contributed by atoms with Crippen LogP contribution in [0.1, 0.15) is 79.8 Å². The van der Waals surface area contributed by atoms with E-state index in [1.54, 1.807) is 24.3 Å². The van der Waals surface area contributed by atoms with E-state index in [0.717, 1.165) is 35.7 Å². The molecule has 8 nitrogen and oxygen atoms in total. The van der Waals surface area contributed by atoms with E-state index in [2.05, 4.69) is 33.4 Å². The van der Waals surface area contributed by atoms with E-state index in [0.29, 0.717) is 42.3 Å². The van der Waals surface area contributed by atoms with Crippen LogP contribution in [0, 0.1) is 5.92 Å². The quantitative estimate of drug-likeness (QED) is 0.167. The summed E-state index contributed by atoms with van der Waals surface area (Å²) in [6, 6.07) is 20.4. The van der Waals surface area contributed by atoms with E-state index < -0.39 is 12.0 Å². The predicted octanol–water partition coefficient (Wildman–Crippen LogP) is 7.63. The second-order valence-electron chi connectivity index (χ2n) is 12.8. The van der Waals surface area contributed by atoms with Crippen LogP contribution in [0.2, 0.25) is 0 Å². The van der Waals surface area contributed by atoms with Crippen LogP contribution in [0.3, 0.4) is 0 Å². The average Bonchev–Trinajstić information content (AvgIpc) is 3.25. The number of carbonyl (C=O) groups is 3. The van der Waals surface area contributed by atoms with Crippen molar-refractivity contribution >= 4 is 40.4 Å². The zero-order chi connectivity index (χ0) is 32.2. The molecule has 0 saturated heterocycles. The summed E-state index contributed by atoms with van der Waals surface area (Å²) in [5.74, 6) is -0.104. The highest BCUT2D eigenvalue weighted by atomic mass is 16.5. The number of fused-ring (bicyclic) bond motifs is 5. The molecule has 2 amide bonds. The fourth-order valence-corrected chi connectivity index (χ4v) is 6.90. The Balaban J connectivity index is 1.29. The number of carboxylic acid groups (broad SMARTS) is 1. The van der Waals surface area contributed by atoms with E-state index in [-0.39, 0.29) is 17.7 Å². The Bertz CT molecular complexity index is 1780. The zero-order valence-electron chi connectivity index (χ0n) is 26.4. The lowest BCUT2D eigenvalue weighted by Gasteiger charge is -2.23. The number of para-hydroxylation sites is 1. The number of rotatable bonds is 9. The van der Waals surface area contributed by atoms with Crippen molar-refractivity contribution in [3.63, 3.8) is 0 Å². The molecule has 1 aliphatic carbocycles. The highest BCUT2D eigenvalue weighted by Crippen LogP contribution is 2.47. The largest absolute Gasteiger partial charge is 0.491 e. The zero-order valence-corrected chi connectivity index (χ0v) is 26.4. The van der Waals surface area contributed by atoms with Crippen molar-refractivity contribution in [3.8, 4) is 17.0 Å². The number of hydrogen-bond acceptors (Lipinski definition) is 4. The number of carbonyl (C=O) groups excluding carboxylic acids is 2. The summed E-state index contributed by atoms with van der Waals surface area (Å²) in [7, 11) is 0. The van der Waals surface area contributed by atoms with Crippen molar-refractivity contribution < 1.29 is 24.2 Å². The van der Waals surface area contributed by atoms with Gasteiger partial charge in [-0.15, -0.1) is 0 Å². The van der Waals surface area contributed by atoms with Gasteiger partial charge >= 0.3 is 5.97 Å². The molecular formula is C38H41N3O5. The molecule has 8 heteroatoms. The molecule has 2 heterocycles. The van der Waals surface area contributed by atoms with Gasteiger partial charge in [-0.25, -0.2) is 4.79 Å². The Hall–Kier alpha value is -4.85. The topological polar surface area (TPSA) is 110 Å². The number of benzene rings is 3. The molecule has 1 fully saturated rings. The van der Waals surface area contributed by atoms with Gasteiger partial charge in [-0.3, -0.25) is 9.59 Å². The second-order valence-corrected chi connectivity index (χ2v) is 12.8. The van der Waals surface area contributed by atoms with Crippen molar-refractivity contribution in [2.24, 2.45) is 5.92 Å². The van der Waals surface area contributed by atoms with Gasteiger partial charge in [0, 0.05) is 33.8 Å². The minimum Gasteiger partial charge on any atom is -0.491 e. The molecule has 1 unspecified atom stereocenters. The highest BCUT2D eigenvalue weighted by Gasteiger charge is 2.30. The number of anilines is 1. The van der Waals surface area contributed by atoms with Crippen molar-refractivity contribution in [1.29, 1.82) is 0 Å². The summed E-state index contributed by atoms with van der Waals surface area (Å²) >= 11 is 0. The van der Waals surface area contributed by atoms with Crippen LogP contribution in [0.25, 0.3) is 28.2 Å². The SMILES string of the molecule is CC(C)CC(NC(=O)c1ccc2c(C3CCCCC3)c3n(c2c1)CCOc1ccccc1-3)C(=O)Nc1ccc(C=CC(=O)O)cc1. The first-order chi connectivity index (χ1) is 22.3. The molecule has 238 valence electrons. The van der Waals surface area contributed by atoms with Crippen LogP contribution >= 0.6 is 0 Å². The van der Waals surface area contributed by atoms with E-state index >= 15 is 0 Å². The molecule has 0 radical (unpaired) electrons. The summed E-state index contributed by atoms with van der Waals surface area (Å²) in [5, 5.41) is 16.0. The predicted molar refractivity (Wildman–Crippen MR) is 181 cm³/mol. The van der Waals surface area contributed by atoms with Crippen LogP contribution in [0.5, 0.6) is 5.75 Å². The number of amides is 2. The Morgan fingerprint density at radius 2 is 1.76 bits per heavy atom. The summed E-state index contributed by atoms with van der Waals surface area (Å²) in [4.78, 5) is 38.0. The van der Waals surface area contributed by atoms with Gasteiger partial charge in [0.1, 0.15) is 18.4 Å². The summed E-state index contributed by atoms with van der Waals surface area (Å²) in [6.07, 6.45) is 9.06. The lowest BCUT2D eigenvalue weighted by molar-refractivity contribution is -0.131. The number of hydrogen-bond donors (Lipinski definition) is 3. The second kappa shape index (κ2) is 13.6. The first-order valence-electron chi connectivity index (χ1n) is 16.3. The molecule has 1 saturated carbocycles. The molecule has 1 aliphatic heterocycles. The van der Waals surface area contributed by atoms with Gasteiger partial charge in [-0.2, -0.15) is 0 Å². The minimum atomic E-state index is -1.03. The van der Waals surface area contributed by atoms with Gasteiger partial charge in [0.05, 0.1) is 12.2 Å². The van der Waals surface area contributed by atoms with Crippen molar-refractivity contribution in [1.82, 2.24) is 9.88 Å². The van der Waals surface area contributed by atoms with Gasteiger partial charge in [0.15, 0.2) is 0 Å². The Morgan fingerprint density at radius 3 is 2.50 bits per heavy atom. The first-order valence-corrected chi connectivity index (χ1v) is 16.3. The van der Waals surface area contributed by atoms with Crippen molar-refractivity contribution in [2.75, 3.05) is 11.9 Å². The maximum absolute atomic E-state index is 13.8. The first kappa shape index (κ1) is 31.1. The summed E-state index contributed by atoms with van der Waals surface area (Å²) in [6.45, 7) is 5.26. The van der Waals surface area contributed by atoms with Crippen molar-refractivity contribution in [2.45, 2.75) is 70.9 Å². The maximum atomic E-state index is 13.8. The Morgan fingerprint density at radius 1 is 1.00 bits per heavy atom. The molecule has 0 spiro atoms. The summed E-state index contributed by atoms with van der Waals surface area (Å²) < 4.78 is 8.51. The third kappa shape index (κ3) is 6.71. The number of aromatic nitrogens is 1. The average molecular weight is 620 g/mol. The fraction of sp³-hybridized carbons (Fsp3) is 0.342. The number of aliphatic carboxylic acids is 1. The van der Waals surface area contributed by atoms with Crippen LogP contribution in [0.4, 0.5) is 5.69 Å². The van der Waals surface area contributed by atoms with E-state index in [1.807, 2.05) is 38.1 Å². The lowest BCUT2D eigenvalue weighted by Crippen LogP contribution is -2.44. The van der Waals surface area contributed by atoms with E-state index in [1.165, 1.54) is 42.0 Å². The van der Waals surface area contributed by atoms with Gasteiger partial charge in [0.2, 0.25) is 5.91 Å². The van der Waals surface area contributed by atoms with Crippen LogP contribution in [0.15, 0.2) is 72.8 Å². The van der Waals surface area contributed by atoms with Gasteiger partial charge in [0.25, 0.3) is 5.91 Å². The van der Waals surface area contributed by atoms with Gasteiger partial charge < -0.3 is 25.0 Å². The molecule has 46 heavy (non-hydrogen) atoms. The Kier molecular flexibility index (Phi) is 9.24. The van der Waals surface area contributed by atoms with Crippen LogP contribution in [-0.2, 0) is 16.1 Å². The molecule has 3 N–H and O–H groups in total. The molecule has 4 aromatic rings. The van der Waals surface area contributed by atoms with Gasteiger partial charge in [-0.1, -0.05) is 63.4 Å². The van der Waals surface area contributed by atoms with E-state index in [4.69, 9.17) is 9.84 Å². The van der Waals surface area contributed by atoms with E-state index in [9.17, 15) is 14.4 Å². The molecule has 1 aromatic heterocycles. The number of ether oxygens (including phenoxy) is 1. The Labute approximate surface area is 269 Å². The minimum absolute atomic E-state index is 0.168. The lowest BCUT2D eigenvalue weighted by atomic mass is 9.81. The molecule has 1 atom stereocenters. The van der Waals surface area contributed by atoms with Crippen LogP contribution < -0.4 is 15.4 Å². The smallest absolute Gasteiger partial charge is 0.328 e. The fourth-order valence-electron chi connectivity index (χ4n) is 6.90. The highest BCUT2D eigenvalue weighted by molar-refractivity contribution is 6.04. The number of carboxylic acids is 1. The molecular weight excluding hydrogens is 578 g/mol. The molecule has 3 aromatic carbocycles. The number of nitrogens with one attached hydrogen (secondary N) is 2. The number of nitrogens with zero attached hydrogens (tertiary/aromatic N) is 1. The van der Waals surface area contributed by atoms with Crippen molar-refractivity contribution in [3.05, 3.63) is 89.5 Å². The molecule has 6 rings (SSSR count). The monoisotopic (exact) mass is 619 g/mol. The molecule has 0 bridgehead atoms. The maximum Gasteiger partial charge on any atom is 0.328 e. The third-order valence-corrected chi connectivity index (χ3v) is 9.02. The standard InChI is InChI=1S/C38H41N3O5/c1-24(2)22-31(38(45)39-28-16-12-25(13-17-28)14-19-34(42)43)40-37(44)27-15-18-29-32(23-27)41-20-21-46-33-11-7-6-10-30(33)36(41)35(29)26-8-4-3-5-9-26/h6-7,10-19,23-24,26,31H,3-5,8-9,20-22H2,1-2H3,(H,39,45)(H,40,44)(H,42,43). The van der Waals surface area contributed by atoms with Crippen LogP contribution in [-0.4, -0.2) is 40.1 Å². The van der Waals surface area contributed by atoms with Gasteiger partial charge in [-0.05, 0) is 84.7 Å². The normalized spacial score (nSPS) is 15.5.